The lowest BCUT2D eigenvalue weighted by Gasteiger charge is -2.38. The molecule has 2 aromatic rings. The fourth-order valence-corrected chi connectivity index (χ4v) is 3.29. The zero-order valence-electron chi connectivity index (χ0n) is 14.4. The van der Waals surface area contributed by atoms with Gasteiger partial charge in [-0.05, 0) is 36.6 Å². The fourth-order valence-electron chi connectivity index (χ4n) is 3.29. The molecule has 6 nitrogen and oxygen atoms in total. The molecular formula is C19H18F2N2O4. The lowest BCUT2D eigenvalue weighted by molar-refractivity contribution is -0.385. The number of non-ortho nitro benzene ring substituents is 1. The Kier molecular flexibility index (Phi) is 5.46. The number of hydrogen-bond acceptors (Lipinski definition) is 4. The van der Waals surface area contributed by atoms with Gasteiger partial charge in [0.25, 0.3) is 11.6 Å². The van der Waals surface area contributed by atoms with Crippen LogP contribution in [0.3, 0.4) is 0 Å². The molecule has 2 aromatic carbocycles. The minimum atomic E-state index is -0.964. The van der Waals surface area contributed by atoms with Gasteiger partial charge >= 0.3 is 0 Å². The van der Waals surface area contributed by atoms with E-state index in [2.05, 4.69) is 5.32 Å². The van der Waals surface area contributed by atoms with Gasteiger partial charge in [-0.2, -0.15) is 0 Å². The first-order valence-electron chi connectivity index (χ1n) is 8.47. The second-order valence-electron chi connectivity index (χ2n) is 6.51. The number of nitro benzene ring substituents is 1. The van der Waals surface area contributed by atoms with Crippen molar-refractivity contribution >= 4 is 11.6 Å². The zero-order chi connectivity index (χ0) is 19.4. The van der Waals surface area contributed by atoms with Crippen molar-refractivity contribution in [3.63, 3.8) is 0 Å². The van der Waals surface area contributed by atoms with E-state index in [0.29, 0.717) is 32.1 Å². The van der Waals surface area contributed by atoms with Gasteiger partial charge in [0.2, 0.25) is 0 Å². The van der Waals surface area contributed by atoms with E-state index in [-0.39, 0.29) is 17.9 Å². The van der Waals surface area contributed by atoms with Gasteiger partial charge in [0.05, 0.1) is 16.6 Å². The van der Waals surface area contributed by atoms with Crippen LogP contribution >= 0.6 is 0 Å². The Morgan fingerprint density at radius 3 is 2.56 bits per heavy atom. The molecule has 1 aliphatic heterocycles. The number of carbonyl (C=O) groups is 1. The number of nitrogens with zero attached hydrogens (tertiary/aromatic N) is 1. The Bertz CT molecular complexity index is 867. The summed E-state index contributed by atoms with van der Waals surface area (Å²) in [5.41, 5.74) is -0.477. The molecule has 1 amide bonds. The predicted octanol–water partition coefficient (Wildman–Crippen LogP) is 3.35. The topological polar surface area (TPSA) is 81.5 Å². The summed E-state index contributed by atoms with van der Waals surface area (Å²) < 4.78 is 33.1. The van der Waals surface area contributed by atoms with Crippen molar-refractivity contribution in [3.8, 4) is 0 Å². The normalized spacial score (nSPS) is 15.9. The number of nitrogens with one attached hydrogen (secondary N) is 1. The second-order valence-corrected chi connectivity index (χ2v) is 6.51. The van der Waals surface area contributed by atoms with Crippen LogP contribution in [0.15, 0.2) is 42.5 Å². The van der Waals surface area contributed by atoms with E-state index in [4.69, 9.17) is 4.74 Å². The smallest absolute Gasteiger partial charge is 0.272 e. The Hall–Kier alpha value is -2.87. The van der Waals surface area contributed by atoms with Crippen LogP contribution in [0.5, 0.6) is 0 Å². The molecule has 0 aliphatic carbocycles. The summed E-state index contributed by atoms with van der Waals surface area (Å²) in [5.74, 6) is -2.01. The van der Waals surface area contributed by atoms with Crippen molar-refractivity contribution in [1.29, 1.82) is 0 Å². The highest BCUT2D eigenvalue weighted by Gasteiger charge is 2.35. The van der Waals surface area contributed by atoms with Crippen molar-refractivity contribution in [2.45, 2.75) is 18.3 Å². The fraction of sp³-hybridized carbons (Fsp3) is 0.316. The van der Waals surface area contributed by atoms with Crippen LogP contribution in [0.1, 0.15) is 28.8 Å². The third-order valence-electron chi connectivity index (χ3n) is 4.88. The van der Waals surface area contributed by atoms with Crippen molar-refractivity contribution in [1.82, 2.24) is 5.32 Å². The minimum Gasteiger partial charge on any atom is -0.381 e. The van der Waals surface area contributed by atoms with Gasteiger partial charge < -0.3 is 10.1 Å². The maximum absolute atomic E-state index is 14.1. The monoisotopic (exact) mass is 376 g/mol. The number of hydrogen-bond donors (Lipinski definition) is 1. The van der Waals surface area contributed by atoms with Gasteiger partial charge in [0.1, 0.15) is 11.6 Å². The van der Waals surface area contributed by atoms with Crippen LogP contribution < -0.4 is 5.32 Å². The Morgan fingerprint density at radius 1 is 1.19 bits per heavy atom. The summed E-state index contributed by atoms with van der Waals surface area (Å²) in [4.78, 5) is 22.4. The number of nitro groups is 1. The molecule has 1 aliphatic rings. The summed E-state index contributed by atoms with van der Waals surface area (Å²) in [6, 6.07) is 9.07. The average molecular weight is 376 g/mol. The molecule has 0 aromatic heterocycles. The van der Waals surface area contributed by atoms with Crippen molar-refractivity contribution in [3.05, 3.63) is 75.3 Å². The molecule has 1 N–H and O–H groups in total. The summed E-state index contributed by atoms with van der Waals surface area (Å²) in [6.45, 7) is 1.12. The van der Waals surface area contributed by atoms with E-state index in [0.717, 1.165) is 17.7 Å². The van der Waals surface area contributed by atoms with Crippen molar-refractivity contribution in [2.24, 2.45) is 0 Å². The molecule has 1 fully saturated rings. The second kappa shape index (κ2) is 7.79. The minimum absolute atomic E-state index is 0.176. The van der Waals surface area contributed by atoms with Gasteiger partial charge in [-0.25, -0.2) is 8.78 Å². The number of carbonyl (C=O) groups excluding carboxylic acids is 1. The van der Waals surface area contributed by atoms with E-state index in [1.807, 2.05) is 0 Å². The quantitative estimate of drug-likeness (QED) is 0.641. The first kappa shape index (κ1) is 18.9. The molecular weight excluding hydrogens is 358 g/mol. The molecule has 0 radical (unpaired) electrons. The summed E-state index contributed by atoms with van der Waals surface area (Å²) in [7, 11) is 0. The molecule has 0 saturated carbocycles. The maximum atomic E-state index is 14.1. The van der Waals surface area contributed by atoms with E-state index in [1.54, 1.807) is 12.1 Å². The van der Waals surface area contributed by atoms with Crippen molar-refractivity contribution in [2.75, 3.05) is 19.8 Å². The SMILES string of the molecule is O=C(NCC1(c2cccc(F)c2)CCOCC1)c1ccc([N+](=O)[O-])cc1F. The average Bonchev–Trinajstić information content (AvgIpc) is 2.66. The molecule has 0 unspecified atom stereocenters. The highest BCUT2D eigenvalue weighted by molar-refractivity contribution is 5.94. The van der Waals surface area contributed by atoms with Crippen molar-refractivity contribution < 1.29 is 23.2 Å². The lowest BCUT2D eigenvalue weighted by atomic mass is 9.74. The molecule has 142 valence electrons. The van der Waals surface area contributed by atoms with Crippen LogP contribution in [0.2, 0.25) is 0 Å². The highest BCUT2D eigenvalue weighted by atomic mass is 19.1. The number of benzene rings is 2. The third kappa shape index (κ3) is 4.11. The number of amides is 1. The number of halogens is 2. The zero-order valence-corrected chi connectivity index (χ0v) is 14.4. The van der Waals surface area contributed by atoms with Crippen LogP contribution in [-0.2, 0) is 10.2 Å². The molecule has 1 saturated heterocycles. The van der Waals surface area contributed by atoms with Gasteiger partial charge in [-0.3, -0.25) is 14.9 Å². The van der Waals surface area contributed by atoms with Gasteiger partial charge in [0, 0.05) is 31.2 Å². The van der Waals surface area contributed by atoms with Gasteiger partial charge in [-0.15, -0.1) is 0 Å². The third-order valence-corrected chi connectivity index (χ3v) is 4.88. The molecule has 27 heavy (non-hydrogen) atoms. The van der Waals surface area contributed by atoms with E-state index in [9.17, 15) is 23.7 Å². The highest BCUT2D eigenvalue weighted by Crippen LogP contribution is 2.34. The molecule has 1 heterocycles. The van der Waals surface area contributed by atoms with Gasteiger partial charge in [0.15, 0.2) is 0 Å². The standard InChI is InChI=1S/C19H18F2N2O4/c20-14-3-1-2-13(10-14)19(6-8-27-9-7-19)12-22-18(24)16-5-4-15(23(25)26)11-17(16)21/h1-5,10-11H,6-9,12H2,(H,22,24). The predicted molar refractivity (Wildman–Crippen MR) is 93.5 cm³/mol. The molecule has 0 spiro atoms. The first-order chi connectivity index (χ1) is 12.9. The number of rotatable bonds is 5. The summed E-state index contributed by atoms with van der Waals surface area (Å²) in [5, 5.41) is 13.4. The molecule has 3 rings (SSSR count). The van der Waals surface area contributed by atoms with Crippen LogP contribution in [-0.4, -0.2) is 30.6 Å². The van der Waals surface area contributed by atoms with E-state index < -0.39 is 27.8 Å². The lowest BCUT2D eigenvalue weighted by Crippen LogP contribution is -2.44. The molecule has 8 heteroatoms. The molecule has 0 bridgehead atoms. The summed E-state index contributed by atoms with van der Waals surface area (Å²) in [6.07, 6.45) is 1.17. The maximum Gasteiger partial charge on any atom is 0.272 e. The van der Waals surface area contributed by atoms with E-state index >= 15 is 0 Å². The van der Waals surface area contributed by atoms with E-state index in [1.165, 1.54) is 12.1 Å². The molecule has 0 atom stereocenters. The number of ether oxygens (including phenoxy) is 1. The Labute approximate surface area is 154 Å². The first-order valence-corrected chi connectivity index (χ1v) is 8.47. The van der Waals surface area contributed by atoms with Crippen LogP contribution in [0, 0.1) is 21.7 Å². The van der Waals surface area contributed by atoms with Crippen LogP contribution in [0.25, 0.3) is 0 Å². The largest absolute Gasteiger partial charge is 0.381 e. The van der Waals surface area contributed by atoms with Crippen LogP contribution in [0.4, 0.5) is 14.5 Å². The Balaban J connectivity index is 1.80. The summed E-state index contributed by atoms with van der Waals surface area (Å²) >= 11 is 0. The Morgan fingerprint density at radius 2 is 1.93 bits per heavy atom. The van der Waals surface area contributed by atoms with Gasteiger partial charge in [-0.1, -0.05) is 12.1 Å².